The third kappa shape index (κ3) is 4.04. The normalized spacial score (nSPS) is 21.2. The Kier molecular flexibility index (Phi) is 5.32. The Labute approximate surface area is 124 Å². The maximum Gasteiger partial charge on any atom is 0.311 e. The van der Waals surface area contributed by atoms with Crippen molar-refractivity contribution in [1.29, 1.82) is 0 Å². The molecule has 2 rings (SSSR count). The minimum Gasteiger partial charge on any atom is -0.381 e. The van der Waals surface area contributed by atoms with Gasteiger partial charge in [-0.25, -0.2) is 4.98 Å². The van der Waals surface area contributed by atoms with E-state index in [9.17, 15) is 10.1 Å². The number of pyridine rings is 1. The van der Waals surface area contributed by atoms with Gasteiger partial charge in [0.2, 0.25) is 5.82 Å². The second-order valence-electron chi connectivity index (χ2n) is 5.26. The quantitative estimate of drug-likeness (QED) is 0.593. The van der Waals surface area contributed by atoms with Gasteiger partial charge in [-0.3, -0.25) is 10.1 Å². The van der Waals surface area contributed by atoms with Crippen molar-refractivity contribution in [3.8, 4) is 0 Å². The van der Waals surface area contributed by atoms with E-state index in [1.54, 1.807) is 13.2 Å². The number of nitrogens with zero attached hydrogens (tertiary/aromatic N) is 2. The number of ether oxygens (including phenoxy) is 1. The molecule has 0 aliphatic heterocycles. The van der Waals surface area contributed by atoms with Crippen LogP contribution in [0.4, 0.5) is 17.3 Å². The van der Waals surface area contributed by atoms with Crippen LogP contribution in [-0.2, 0) is 4.74 Å². The van der Waals surface area contributed by atoms with Gasteiger partial charge < -0.3 is 15.4 Å². The first-order chi connectivity index (χ1) is 10.1. The Morgan fingerprint density at radius 3 is 2.90 bits per heavy atom. The van der Waals surface area contributed by atoms with Crippen molar-refractivity contribution in [2.75, 3.05) is 24.3 Å². The first kappa shape index (κ1) is 15.5. The molecule has 1 fully saturated rings. The SMILES string of the molecule is CCCNc1ccc([N+](=O)[O-])c(NC2CCC(OC)C2)n1. The van der Waals surface area contributed by atoms with Crippen LogP contribution in [0.25, 0.3) is 0 Å². The van der Waals surface area contributed by atoms with Crippen LogP contribution in [0.2, 0.25) is 0 Å². The minimum atomic E-state index is -0.401. The smallest absolute Gasteiger partial charge is 0.311 e. The second-order valence-corrected chi connectivity index (χ2v) is 5.26. The second kappa shape index (κ2) is 7.21. The zero-order valence-corrected chi connectivity index (χ0v) is 12.5. The Hall–Kier alpha value is -1.89. The lowest BCUT2D eigenvalue weighted by molar-refractivity contribution is -0.384. The van der Waals surface area contributed by atoms with E-state index in [1.165, 1.54) is 6.07 Å². The highest BCUT2D eigenvalue weighted by atomic mass is 16.6. The topological polar surface area (TPSA) is 89.3 Å². The lowest BCUT2D eigenvalue weighted by atomic mass is 10.2. The van der Waals surface area contributed by atoms with Crippen molar-refractivity contribution >= 4 is 17.3 Å². The standard InChI is InChI=1S/C14H22N4O3/c1-3-8-15-13-7-6-12(18(19)20)14(17-13)16-10-4-5-11(9-10)21-2/h6-7,10-11H,3-5,8-9H2,1-2H3,(H2,15,16,17). The molecule has 2 atom stereocenters. The molecule has 0 radical (unpaired) electrons. The molecule has 2 unspecified atom stereocenters. The highest BCUT2D eigenvalue weighted by Gasteiger charge is 2.27. The molecule has 7 nitrogen and oxygen atoms in total. The van der Waals surface area contributed by atoms with Crippen LogP contribution < -0.4 is 10.6 Å². The molecule has 1 aromatic heterocycles. The average molecular weight is 294 g/mol. The van der Waals surface area contributed by atoms with E-state index in [-0.39, 0.29) is 17.8 Å². The summed E-state index contributed by atoms with van der Waals surface area (Å²) < 4.78 is 5.33. The highest BCUT2D eigenvalue weighted by molar-refractivity contribution is 5.60. The largest absolute Gasteiger partial charge is 0.381 e. The van der Waals surface area contributed by atoms with Crippen LogP contribution in [-0.4, -0.2) is 35.7 Å². The van der Waals surface area contributed by atoms with E-state index in [1.807, 2.05) is 0 Å². The van der Waals surface area contributed by atoms with Gasteiger partial charge in [0.1, 0.15) is 5.82 Å². The van der Waals surface area contributed by atoms with Gasteiger partial charge in [0, 0.05) is 25.8 Å². The summed E-state index contributed by atoms with van der Waals surface area (Å²) in [6, 6.07) is 3.31. The predicted octanol–water partition coefficient (Wildman–Crippen LogP) is 2.79. The van der Waals surface area contributed by atoms with Crippen LogP contribution >= 0.6 is 0 Å². The van der Waals surface area contributed by atoms with Crippen molar-refractivity contribution in [2.45, 2.75) is 44.8 Å². The van der Waals surface area contributed by atoms with Gasteiger partial charge in [-0.2, -0.15) is 0 Å². The van der Waals surface area contributed by atoms with Crippen LogP contribution in [0.5, 0.6) is 0 Å². The van der Waals surface area contributed by atoms with Gasteiger partial charge in [-0.15, -0.1) is 0 Å². The molecule has 0 amide bonds. The van der Waals surface area contributed by atoms with E-state index in [0.29, 0.717) is 11.6 Å². The fourth-order valence-electron chi connectivity index (χ4n) is 2.54. The van der Waals surface area contributed by atoms with Crippen LogP contribution in [0.15, 0.2) is 12.1 Å². The molecule has 0 aromatic carbocycles. The number of nitro groups is 1. The maximum atomic E-state index is 11.1. The molecule has 0 saturated heterocycles. The van der Waals surface area contributed by atoms with Crippen molar-refractivity contribution < 1.29 is 9.66 Å². The first-order valence-corrected chi connectivity index (χ1v) is 7.32. The van der Waals surface area contributed by atoms with Crippen molar-refractivity contribution in [3.05, 3.63) is 22.2 Å². The molecule has 116 valence electrons. The fourth-order valence-corrected chi connectivity index (χ4v) is 2.54. The number of anilines is 2. The Balaban J connectivity index is 2.12. The molecule has 1 aromatic rings. The number of methoxy groups -OCH3 is 1. The van der Waals surface area contributed by atoms with Crippen molar-refractivity contribution in [1.82, 2.24) is 4.98 Å². The molecule has 7 heteroatoms. The zero-order valence-electron chi connectivity index (χ0n) is 12.5. The van der Waals surface area contributed by atoms with Gasteiger partial charge in [-0.05, 0) is 31.7 Å². The number of hydrogen-bond acceptors (Lipinski definition) is 6. The van der Waals surface area contributed by atoms with Gasteiger partial charge in [0.05, 0.1) is 11.0 Å². The van der Waals surface area contributed by atoms with Crippen molar-refractivity contribution in [2.24, 2.45) is 0 Å². The summed E-state index contributed by atoms with van der Waals surface area (Å²) in [4.78, 5) is 15.1. The molecule has 1 saturated carbocycles. The number of aromatic nitrogens is 1. The van der Waals surface area contributed by atoms with E-state index >= 15 is 0 Å². The van der Waals surface area contributed by atoms with E-state index in [0.717, 1.165) is 32.2 Å². The van der Waals surface area contributed by atoms with E-state index in [4.69, 9.17) is 4.74 Å². The summed E-state index contributed by atoms with van der Waals surface area (Å²) in [5.41, 5.74) is 0.0120. The average Bonchev–Trinajstić information content (AvgIpc) is 2.92. The number of nitrogens with one attached hydrogen (secondary N) is 2. The summed E-state index contributed by atoms with van der Waals surface area (Å²) in [6.45, 7) is 2.85. The van der Waals surface area contributed by atoms with E-state index < -0.39 is 4.92 Å². The molecular formula is C14H22N4O3. The summed E-state index contributed by atoms with van der Waals surface area (Å²) in [7, 11) is 1.70. The van der Waals surface area contributed by atoms with Crippen LogP contribution in [0.3, 0.4) is 0 Å². The Bertz CT molecular complexity index is 495. The number of rotatable bonds is 7. The Morgan fingerprint density at radius 1 is 1.48 bits per heavy atom. The maximum absolute atomic E-state index is 11.1. The minimum absolute atomic E-state index is 0.0120. The van der Waals surface area contributed by atoms with Crippen LogP contribution in [0.1, 0.15) is 32.6 Å². The van der Waals surface area contributed by atoms with Gasteiger partial charge in [-0.1, -0.05) is 6.92 Å². The van der Waals surface area contributed by atoms with Gasteiger partial charge in [0.25, 0.3) is 0 Å². The first-order valence-electron chi connectivity index (χ1n) is 7.32. The molecular weight excluding hydrogens is 272 g/mol. The monoisotopic (exact) mass is 294 g/mol. The van der Waals surface area contributed by atoms with Crippen LogP contribution in [0, 0.1) is 10.1 Å². The van der Waals surface area contributed by atoms with Crippen molar-refractivity contribution in [3.63, 3.8) is 0 Å². The lowest BCUT2D eigenvalue weighted by Gasteiger charge is -2.14. The lowest BCUT2D eigenvalue weighted by Crippen LogP contribution is -2.19. The highest BCUT2D eigenvalue weighted by Crippen LogP contribution is 2.29. The zero-order chi connectivity index (χ0) is 15.2. The Morgan fingerprint density at radius 2 is 2.29 bits per heavy atom. The predicted molar refractivity (Wildman–Crippen MR) is 81.7 cm³/mol. The summed E-state index contributed by atoms with van der Waals surface area (Å²) in [6.07, 6.45) is 3.95. The molecule has 2 N–H and O–H groups in total. The molecule has 1 aliphatic rings. The fraction of sp³-hybridized carbons (Fsp3) is 0.643. The molecule has 21 heavy (non-hydrogen) atoms. The summed E-state index contributed by atoms with van der Waals surface area (Å²) >= 11 is 0. The molecule has 1 heterocycles. The number of hydrogen-bond donors (Lipinski definition) is 2. The van der Waals surface area contributed by atoms with Gasteiger partial charge in [0.15, 0.2) is 0 Å². The summed E-state index contributed by atoms with van der Waals surface area (Å²) in [5, 5.41) is 17.5. The summed E-state index contributed by atoms with van der Waals surface area (Å²) in [5.74, 6) is 0.995. The van der Waals surface area contributed by atoms with Gasteiger partial charge >= 0.3 is 5.69 Å². The third-order valence-corrected chi connectivity index (χ3v) is 3.69. The molecule has 0 spiro atoms. The van der Waals surface area contributed by atoms with E-state index in [2.05, 4.69) is 22.5 Å². The molecule has 1 aliphatic carbocycles. The molecule has 0 bridgehead atoms. The third-order valence-electron chi connectivity index (χ3n) is 3.69.